The molecule has 0 spiro atoms. The molecule has 1 rings (SSSR count). The SMILES string of the molecule is C[N+]1=C(S[I-]I)SCC1. The van der Waals surface area contributed by atoms with E-state index in [9.17, 15) is 0 Å². The molecule has 9 heavy (non-hydrogen) atoms. The third-order valence-electron chi connectivity index (χ3n) is 1.06. The van der Waals surface area contributed by atoms with Crippen LogP contribution in [-0.2, 0) is 0 Å². The van der Waals surface area contributed by atoms with Gasteiger partial charge in [0.15, 0.2) is 0 Å². The Balaban J connectivity index is 2.45. The second-order valence-electron chi connectivity index (χ2n) is 1.67. The Labute approximate surface area is 82.3 Å². The molecular formula is C4H7I2NS2. The summed E-state index contributed by atoms with van der Waals surface area (Å²) >= 11 is 4.86. The molecule has 0 aromatic rings. The van der Waals surface area contributed by atoms with Crippen molar-refractivity contribution in [2.75, 3.05) is 19.3 Å². The van der Waals surface area contributed by atoms with Crippen molar-refractivity contribution in [1.29, 1.82) is 0 Å². The van der Waals surface area contributed by atoms with E-state index in [1.54, 1.807) is 0 Å². The molecule has 0 unspecified atom stereocenters. The average molecular weight is 387 g/mol. The van der Waals surface area contributed by atoms with Crippen LogP contribution in [0.4, 0.5) is 0 Å². The molecule has 1 aliphatic rings. The summed E-state index contributed by atoms with van der Waals surface area (Å²) in [5, 5.41) is 0. The van der Waals surface area contributed by atoms with Crippen molar-refractivity contribution in [3.05, 3.63) is 0 Å². The van der Waals surface area contributed by atoms with Gasteiger partial charge in [-0.1, -0.05) is 0 Å². The minimum absolute atomic E-state index is 0.354. The molecule has 0 aromatic heterocycles. The van der Waals surface area contributed by atoms with Gasteiger partial charge in [0.2, 0.25) is 0 Å². The van der Waals surface area contributed by atoms with E-state index in [1.807, 2.05) is 20.7 Å². The second-order valence-corrected chi connectivity index (χ2v) is 12.7. The fourth-order valence-electron chi connectivity index (χ4n) is 0.577. The zero-order valence-electron chi connectivity index (χ0n) is 4.93. The van der Waals surface area contributed by atoms with E-state index in [1.165, 1.54) is 16.7 Å². The van der Waals surface area contributed by atoms with E-state index in [2.05, 4.69) is 30.2 Å². The normalized spacial score (nSPS) is 19.8. The molecule has 1 aliphatic heterocycles. The van der Waals surface area contributed by atoms with Gasteiger partial charge in [-0.2, -0.15) is 0 Å². The zero-order chi connectivity index (χ0) is 6.69. The van der Waals surface area contributed by atoms with Gasteiger partial charge in [-0.05, 0) is 0 Å². The van der Waals surface area contributed by atoms with Gasteiger partial charge >= 0.3 is 83.5 Å². The Hall–Kier alpha value is 1.83. The Morgan fingerprint density at radius 2 is 2.67 bits per heavy atom. The average Bonchev–Trinajstić information content (AvgIpc) is 2.18. The van der Waals surface area contributed by atoms with Gasteiger partial charge in [0, 0.05) is 0 Å². The molecule has 1 nitrogen and oxygen atoms in total. The molecule has 0 N–H and O–H groups in total. The maximum absolute atomic E-state index is 2.50. The first kappa shape index (κ1) is 8.92. The van der Waals surface area contributed by atoms with E-state index in [4.69, 9.17) is 0 Å². The molecule has 1 heterocycles. The summed E-state index contributed by atoms with van der Waals surface area (Å²) in [7, 11) is 4.23. The Kier molecular flexibility index (Phi) is 4.62. The Morgan fingerprint density at radius 1 is 1.89 bits per heavy atom. The first-order valence-corrected chi connectivity index (χ1v) is 13.1. The molecule has 0 radical (unpaired) electrons. The Bertz CT molecular complexity index is 137. The fraction of sp³-hybridized carbons (Fsp3) is 0.750. The summed E-state index contributed by atoms with van der Waals surface area (Å²) in [4.78, 5) is 0. The Morgan fingerprint density at radius 3 is 3.11 bits per heavy atom. The van der Waals surface area contributed by atoms with Gasteiger partial charge in [0.25, 0.3) is 0 Å². The summed E-state index contributed by atoms with van der Waals surface area (Å²) in [5.74, 6) is 1.29. The van der Waals surface area contributed by atoms with Gasteiger partial charge in [-0.3, -0.25) is 0 Å². The van der Waals surface area contributed by atoms with Crippen LogP contribution in [0.5, 0.6) is 0 Å². The van der Waals surface area contributed by atoms with Gasteiger partial charge in [-0.15, -0.1) is 0 Å². The monoisotopic (exact) mass is 387 g/mol. The third kappa shape index (κ3) is 2.74. The zero-order valence-corrected chi connectivity index (χ0v) is 10.9. The van der Waals surface area contributed by atoms with E-state index >= 15 is 0 Å². The summed E-state index contributed by atoms with van der Waals surface area (Å²) in [6.07, 6.45) is 0. The summed E-state index contributed by atoms with van der Waals surface area (Å²) in [5.41, 5.74) is 0. The molecule has 0 aliphatic carbocycles. The molecule has 0 bridgehead atoms. The number of rotatable bonds is 1. The molecule has 0 aromatic carbocycles. The van der Waals surface area contributed by atoms with Crippen molar-refractivity contribution in [1.82, 2.24) is 0 Å². The van der Waals surface area contributed by atoms with Gasteiger partial charge in [0.1, 0.15) is 0 Å². The van der Waals surface area contributed by atoms with Gasteiger partial charge < -0.3 is 0 Å². The van der Waals surface area contributed by atoms with Gasteiger partial charge in [-0.25, -0.2) is 0 Å². The molecule has 0 saturated carbocycles. The number of hydrogen-bond donors (Lipinski definition) is 0. The van der Waals surface area contributed by atoms with Crippen LogP contribution in [0, 0.1) is 0 Å². The first-order chi connectivity index (χ1) is 4.34. The van der Waals surface area contributed by atoms with E-state index in [0.717, 1.165) is 0 Å². The van der Waals surface area contributed by atoms with Crippen LogP contribution in [0.25, 0.3) is 0 Å². The molecule has 0 atom stereocenters. The number of nitrogens with zero attached hydrogens (tertiary/aromatic N) is 1. The summed E-state index contributed by atoms with van der Waals surface area (Å²) in [6, 6.07) is 0. The second kappa shape index (κ2) is 4.66. The molecule has 5 heteroatoms. The quantitative estimate of drug-likeness (QED) is 0.412. The van der Waals surface area contributed by atoms with Crippen molar-refractivity contribution in [2.45, 2.75) is 0 Å². The fourth-order valence-corrected chi connectivity index (χ4v) is 10.8. The minimum atomic E-state index is 0.354. The predicted molar refractivity (Wildman–Crippen MR) is 50.1 cm³/mol. The van der Waals surface area contributed by atoms with Crippen molar-refractivity contribution >= 4 is 43.7 Å². The van der Waals surface area contributed by atoms with Crippen molar-refractivity contribution in [2.24, 2.45) is 0 Å². The number of halogens is 2. The maximum atomic E-state index is 2.50. The van der Waals surface area contributed by atoms with Gasteiger partial charge in [0.05, 0.1) is 0 Å². The summed E-state index contributed by atoms with van der Waals surface area (Å²) in [6.45, 7) is 1.24. The van der Waals surface area contributed by atoms with Crippen molar-refractivity contribution in [3.8, 4) is 0 Å². The molecule has 54 valence electrons. The molecular weight excluding hydrogens is 380 g/mol. The molecule has 0 fully saturated rings. The molecule has 0 saturated heterocycles. The van der Waals surface area contributed by atoms with Crippen LogP contribution in [-0.4, -0.2) is 28.3 Å². The van der Waals surface area contributed by atoms with Crippen molar-refractivity contribution < 1.29 is 20.4 Å². The van der Waals surface area contributed by atoms with Crippen LogP contribution >= 0.6 is 39.3 Å². The predicted octanol–water partition coefficient (Wildman–Crippen LogP) is -1.18. The van der Waals surface area contributed by atoms with Crippen molar-refractivity contribution in [3.63, 3.8) is 0 Å². The third-order valence-corrected chi connectivity index (χ3v) is 9.11. The van der Waals surface area contributed by atoms with E-state index in [-0.39, 0.29) is 0 Å². The number of thioether (sulfide) groups is 1. The van der Waals surface area contributed by atoms with E-state index in [0.29, 0.717) is 15.8 Å². The molecule has 0 amide bonds. The van der Waals surface area contributed by atoms with Crippen LogP contribution in [0.3, 0.4) is 0 Å². The standard InChI is InChI=1S/C4H7I2NS2/c1-7-2-3-8-4(7)9-6-5/h2-3H2,1H3. The van der Waals surface area contributed by atoms with Crippen LogP contribution in [0.15, 0.2) is 0 Å². The number of hydrogen-bond acceptors (Lipinski definition) is 2. The van der Waals surface area contributed by atoms with E-state index < -0.39 is 0 Å². The van der Waals surface area contributed by atoms with Crippen LogP contribution in [0.1, 0.15) is 0 Å². The van der Waals surface area contributed by atoms with Crippen LogP contribution in [0.2, 0.25) is 0 Å². The van der Waals surface area contributed by atoms with Crippen LogP contribution < -0.4 is 15.8 Å². The summed E-state index contributed by atoms with van der Waals surface area (Å²) < 4.78 is 3.89. The first-order valence-electron chi connectivity index (χ1n) is 2.48. The topological polar surface area (TPSA) is 3.01 Å².